The molecule has 0 aliphatic carbocycles. The molecule has 4 heteroatoms. The molecule has 0 bridgehead atoms. The molecule has 1 rings (SSSR count). The van der Waals surface area contributed by atoms with Gasteiger partial charge in [0.15, 0.2) is 0 Å². The summed E-state index contributed by atoms with van der Waals surface area (Å²) in [6.45, 7) is 12.8. The van der Waals surface area contributed by atoms with Crippen molar-refractivity contribution in [1.82, 2.24) is 10.4 Å². The first-order valence-electron chi connectivity index (χ1n) is 7.31. The molecule has 0 heterocycles. The van der Waals surface area contributed by atoms with Crippen LogP contribution in [0.5, 0.6) is 0 Å². The van der Waals surface area contributed by atoms with Crippen molar-refractivity contribution in [1.29, 1.82) is 0 Å². The molecule has 1 N–H and O–H groups in total. The average Bonchev–Trinajstić information content (AvgIpc) is 2.51. The summed E-state index contributed by atoms with van der Waals surface area (Å²) >= 11 is 0. The summed E-state index contributed by atoms with van der Waals surface area (Å²) in [5.41, 5.74) is 7.59. The van der Waals surface area contributed by atoms with E-state index in [0.717, 1.165) is 28.9 Å². The van der Waals surface area contributed by atoms with E-state index in [9.17, 15) is 0 Å². The van der Waals surface area contributed by atoms with Crippen LogP contribution in [0.4, 0.5) is 5.69 Å². The van der Waals surface area contributed by atoms with Gasteiger partial charge in [-0.3, -0.25) is 10.3 Å². The summed E-state index contributed by atoms with van der Waals surface area (Å²) in [4.78, 5) is 11.8. The van der Waals surface area contributed by atoms with Gasteiger partial charge in [-0.2, -0.15) is 0 Å². The Morgan fingerprint density at radius 1 is 1.50 bits per heavy atom. The summed E-state index contributed by atoms with van der Waals surface area (Å²) in [5, 5.41) is 0. The minimum absolute atomic E-state index is 0.313. The van der Waals surface area contributed by atoms with Gasteiger partial charge in [0.2, 0.25) is 0 Å². The number of hydroxylamine groups is 1. The van der Waals surface area contributed by atoms with Gasteiger partial charge in [0.25, 0.3) is 0 Å². The van der Waals surface area contributed by atoms with Crippen LogP contribution in [0.1, 0.15) is 30.5 Å². The number of rotatable bonds is 7. The summed E-state index contributed by atoms with van der Waals surface area (Å²) in [7, 11) is 2.00. The molecule has 0 aromatic heterocycles. The van der Waals surface area contributed by atoms with Crippen LogP contribution in [0.3, 0.4) is 0 Å². The van der Waals surface area contributed by atoms with Crippen molar-refractivity contribution in [3.63, 3.8) is 0 Å². The molecule has 118 valence electrons. The second kappa shape index (κ2) is 8.26. The van der Waals surface area contributed by atoms with E-state index < -0.39 is 0 Å². The second-order valence-corrected chi connectivity index (χ2v) is 5.28. The third-order valence-corrected chi connectivity index (χ3v) is 3.35. The van der Waals surface area contributed by atoms with Crippen molar-refractivity contribution in [2.45, 2.75) is 33.8 Å². The SMILES string of the molecule is C#CC(C)ONC(=C)c1cc(C)c(N=CN(C)CC)cc1C. The number of hydrogen-bond acceptors (Lipinski definition) is 3. The van der Waals surface area contributed by atoms with E-state index >= 15 is 0 Å². The second-order valence-electron chi connectivity index (χ2n) is 5.28. The third-order valence-electron chi connectivity index (χ3n) is 3.35. The molecule has 0 fully saturated rings. The van der Waals surface area contributed by atoms with Gasteiger partial charge in [-0.05, 0) is 51.0 Å². The molecule has 4 nitrogen and oxygen atoms in total. The lowest BCUT2D eigenvalue weighted by molar-refractivity contribution is 0.0498. The monoisotopic (exact) mass is 299 g/mol. The Balaban J connectivity index is 2.92. The molecule has 1 aromatic rings. The minimum Gasteiger partial charge on any atom is -0.366 e. The Morgan fingerprint density at radius 2 is 2.18 bits per heavy atom. The molecular weight excluding hydrogens is 274 g/mol. The number of benzene rings is 1. The number of terminal acetylenes is 1. The van der Waals surface area contributed by atoms with E-state index in [1.807, 2.05) is 44.3 Å². The van der Waals surface area contributed by atoms with Gasteiger partial charge in [0.05, 0.1) is 17.7 Å². The zero-order chi connectivity index (χ0) is 16.7. The highest BCUT2D eigenvalue weighted by molar-refractivity contribution is 5.70. The molecule has 0 saturated heterocycles. The van der Waals surface area contributed by atoms with Crippen LogP contribution in [0.15, 0.2) is 23.7 Å². The first-order valence-corrected chi connectivity index (χ1v) is 7.31. The van der Waals surface area contributed by atoms with E-state index in [4.69, 9.17) is 11.3 Å². The Hall–Kier alpha value is -2.25. The number of aryl methyl sites for hydroxylation is 2. The van der Waals surface area contributed by atoms with E-state index in [1.165, 1.54) is 0 Å². The lowest BCUT2D eigenvalue weighted by Gasteiger charge is -2.15. The molecule has 1 aromatic carbocycles. The van der Waals surface area contributed by atoms with Crippen LogP contribution < -0.4 is 5.48 Å². The fraction of sp³-hybridized carbons (Fsp3) is 0.389. The average molecular weight is 299 g/mol. The van der Waals surface area contributed by atoms with Gasteiger partial charge in [0, 0.05) is 19.2 Å². The lowest BCUT2D eigenvalue weighted by Crippen LogP contribution is -2.19. The molecule has 1 unspecified atom stereocenters. The van der Waals surface area contributed by atoms with Crippen LogP contribution in [-0.2, 0) is 4.84 Å². The standard InChI is InChI=1S/C18H25N3O/c1-8-15(5)22-20-16(6)17-10-14(4)18(11-13(17)3)19-12-21(7)9-2/h1,10-12,15,20H,6,9H2,2-5,7H3. The van der Waals surface area contributed by atoms with Crippen molar-refractivity contribution in [3.8, 4) is 12.3 Å². The fourth-order valence-corrected chi connectivity index (χ4v) is 1.76. The summed E-state index contributed by atoms with van der Waals surface area (Å²) in [6, 6.07) is 4.09. The van der Waals surface area contributed by atoms with E-state index in [-0.39, 0.29) is 6.10 Å². The minimum atomic E-state index is -0.313. The predicted octanol–water partition coefficient (Wildman–Crippen LogP) is 3.43. The highest BCUT2D eigenvalue weighted by Crippen LogP contribution is 2.26. The molecule has 1 atom stereocenters. The topological polar surface area (TPSA) is 36.9 Å². The summed E-state index contributed by atoms with van der Waals surface area (Å²) in [5.74, 6) is 2.49. The van der Waals surface area contributed by atoms with Crippen LogP contribution in [-0.4, -0.2) is 30.9 Å². The zero-order valence-corrected chi connectivity index (χ0v) is 14.1. The van der Waals surface area contributed by atoms with Crippen molar-refractivity contribution in [2.75, 3.05) is 13.6 Å². The summed E-state index contributed by atoms with van der Waals surface area (Å²) < 4.78 is 0. The number of hydrogen-bond donors (Lipinski definition) is 1. The quantitative estimate of drug-likeness (QED) is 0.363. The fourth-order valence-electron chi connectivity index (χ4n) is 1.76. The van der Waals surface area contributed by atoms with Crippen molar-refractivity contribution in [2.24, 2.45) is 4.99 Å². The first-order chi connectivity index (χ1) is 10.4. The maximum absolute atomic E-state index is 5.30. The number of nitrogens with one attached hydrogen (secondary N) is 1. The van der Waals surface area contributed by atoms with E-state index in [1.54, 1.807) is 6.92 Å². The maximum Gasteiger partial charge on any atom is 0.142 e. The normalized spacial score (nSPS) is 12.0. The summed E-state index contributed by atoms with van der Waals surface area (Å²) in [6.07, 6.45) is 6.80. The first kappa shape index (κ1) is 17.8. The van der Waals surface area contributed by atoms with Gasteiger partial charge < -0.3 is 4.90 Å². The predicted molar refractivity (Wildman–Crippen MR) is 93.9 cm³/mol. The third kappa shape index (κ3) is 4.94. The van der Waals surface area contributed by atoms with Crippen LogP contribution in [0, 0.1) is 26.2 Å². The molecule has 22 heavy (non-hydrogen) atoms. The van der Waals surface area contributed by atoms with E-state index in [2.05, 4.69) is 29.9 Å². The molecule has 0 spiro atoms. The molecular formula is C18H25N3O. The molecule has 0 aliphatic heterocycles. The Morgan fingerprint density at radius 3 is 2.77 bits per heavy atom. The van der Waals surface area contributed by atoms with Gasteiger partial charge >= 0.3 is 0 Å². The number of aliphatic imine (C=N–C) groups is 1. The Labute approximate surface area is 133 Å². The maximum atomic E-state index is 5.30. The van der Waals surface area contributed by atoms with Gasteiger partial charge in [-0.1, -0.05) is 12.5 Å². The largest absolute Gasteiger partial charge is 0.366 e. The Kier molecular flexibility index (Phi) is 6.68. The van der Waals surface area contributed by atoms with Crippen LogP contribution in [0.2, 0.25) is 0 Å². The van der Waals surface area contributed by atoms with Gasteiger partial charge in [-0.15, -0.1) is 6.42 Å². The number of nitrogens with zero attached hydrogens (tertiary/aromatic N) is 2. The van der Waals surface area contributed by atoms with Crippen molar-refractivity contribution < 1.29 is 4.84 Å². The zero-order valence-electron chi connectivity index (χ0n) is 14.1. The Bertz CT molecular complexity index is 599. The van der Waals surface area contributed by atoms with Gasteiger partial charge in [-0.25, -0.2) is 4.99 Å². The van der Waals surface area contributed by atoms with E-state index in [0.29, 0.717) is 5.70 Å². The molecule has 0 radical (unpaired) electrons. The molecule has 0 amide bonds. The van der Waals surface area contributed by atoms with Crippen LogP contribution in [0.25, 0.3) is 5.70 Å². The highest BCUT2D eigenvalue weighted by Gasteiger charge is 2.08. The van der Waals surface area contributed by atoms with Crippen molar-refractivity contribution in [3.05, 3.63) is 35.4 Å². The smallest absolute Gasteiger partial charge is 0.142 e. The molecule has 0 aliphatic rings. The van der Waals surface area contributed by atoms with Gasteiger partial charge in [0.1, 0.15) is 6.10 Å². The highest BCUT2D eigenvalue weighted by atomic mass is 16.7. The lowest BCUT2D eigenvalue weighted by atomic mass is 10.0. The van der Waals surface area contributed by atoms with Crippen LogP contribution >= 0.6 is 0 Å². The van der Waals surface area contributed by atoms with Crippen molar-refractivity contribution >= 4 is 17.7 Å². The molecule has 0 saturated carbocycles.